The first-order chi connectivity index (χ1) is 8.22. The van der Waals surface area contributed by atoms with Crippen LogP contribution >= 0.6 is 0 Å². The lowest BCUT2D eigenvalue weighted by molar-refractivity contribution is 0.170. The Morgan fingerprint density at radius 3 is 2.65 bits per heavy atom. The van der Waals surface area contributed by atoms with E-state index in [0.29, 0.717) is 43.1 Å². The third-order valence-electron chi connectivity index (χ3n) is 2.88. The molecule has 1 aromatic rings. The summed E-state index contributed by atoms with van der Waals surface area (Å²) in [6, 6.07) is 5.13. The Hall–Kier alpha value is -1.76. The van der Waals surface area contributed by atoms with Crippen molar-refractivity contribution in [3.63, 3.8) is 0 Å². The standard InChI is InChI=1S/C13H14FNO2/c1-9(3-2-4-15)10-7-12-13(8-11(10)14)17-6-5-16-12/h7-9H,2-3,5-6H2,1H3. The van der Waals surface area contributed by atoms with Gasteiger partial charge in [-0.15, -0.1) is 0 Å². The Bertz CT molecular complexity index is 453. The zero-order valence-corrected chi connectivity index (χ0v) is 9.70. The van der Waals surface area contributed by atoms with E-state index in [-0.39, 0.29) is 11.7 Å². The highest BCUT2D eigenvalue weighted by molar-refractivity contribution is 5.45. The van der Waals surface area contributed by atoms with Gasteiger partial charge in [0.15, 0.2) is 11.5 Å². The highest BCUT2D eigenvalue weighted by Gasteiger charge is 2.18. The van der Waals surface area contributed by atoms with Crippen molar-refractivity contribution in [2.24, 2.45) is 0 Å². The summed E-state index contributed by atoms with van der Waals surface area (Å²) in [6.07, 6.45) is 1.07. The van der Waals surface area contributed by atoms with Gasteiger partial charge < -0.3 is 9.47 Å². The molecule has 1 aliphatic heterocycles. The molecule has 90 valence electrons. The third kappa shape index (κ3) is 2.50. The molecule has 1 atom stereocenters. The van der Waals surface area contributed by atoms with Gasteiger partial charge >= 0.3 is 0 Å². The van der Waals surface area contributed by atoms with Gasteiger partial charge in [-0.2, -0.15) is 5.26 Å². The number of benzene rings is 1. The van der Waals surface area contributed by atoms with Gasteiger partial charge in [-0.25, -0.2) is 4.39 Å². The van der Waals surface area contributed by atoms with E-state index in [4.69, 9.17) is 14.7 Å². The molecule has 1 aromatic carbocycles. The van der Waals surface area contributed by atoms with Crippen molar-refractivity contribution >= 4 is 0 Å². The van der Waals surface area contributed by atoms with Crippen molar-refractivity contribution in [2.75, 3.05) is 13.2 Å². The molecule has 1 aliphatic rings. The molecular formula is C13H14FNO2. The monoisotopic (exact) mass is 235 g/mol. The summed E-state index contributed by atoms with van der Waals surface area (Å²) in [5.41, 5.74) is 0.588. The molecule has 3 nitrogen and oxygen atoms in total. The average molecular weight is 235 g/mol. The second-order valence-electron chi connectivity index (χ2n) is 4.12. The first kappa shape index (κ1) is 11.7. The van der Waals surface area contributed by atoms with Crippen molar-refractivity contribution in [3.8, 4) is 17.6 Å². The molecule has 0 radical (unpaired) electrons. The van der Waals surface area contributed by atoms with Gasteiger partial charge in [-0.3, -0.25) is 0 Å². The van der Waals surface area contributed by atoms with E-state index < -0.39 is 0 Å². The van der Waals surface area contributed by atoms with Crippen molar-refractivity contribution < 1.29 is 13.9 Å². The topological polar surface area (TPSA) is 42.2 Å². The van der Waals surface area contributed by atoms with E-state index in [1.165, 1.54) is 6.07 Å². The van der Waals surface area contributed by atoms with Gasteiger partial charge in [0.25, 0.3) is 0 Å². The molecule has 2 rings (SSSR count). The number of hydrogen-bond acceptors (Lipinski definition) is 3. The fourth-order valence-corrected chi connectivity index (χ4v) is 1.89. The molecule has 0 N–H and O–H groups in total. The van der Waals surface area contributed by atoms with Crippen LogP contribution in [0.25, 0.3) is 0 Å². The van der Waals surface area contributed by atoms with Crippen LogP contribution in [0.2, 0.25) is 0 Å². The number of ether oxygens (including phenoxy) is 2. The Morgan fingerprint density at radius 1 is 1.35 bits per heavy atom. The van der Waals surface area contributed by atoms with Gasteiger partial charge in [0.2, 0.25) is 0 Å². The maximum atomic E-state index is 13.8. The second kappa shape index (κ2) is 5.05. The van der Waals surface area contributed by atoms with Crippen LogP contribution in [0.3, 0.4) is 0 Å². The van der Waals surface area contributed by atoms with E-state index in [1.807, 2.05) is 6.92 Å². The first-order valence-corrected chi connectivity index (χ1v) is 5.68. The van der Waals surface area contributed by atoms with Crippen molar-refractivity contribution in [2.45, 2.75) is 25.7 Å². The van der Waals surface area contributed by atoms with Crippen LogP contribution in [-0.4, -0.2) is 13.2 Å². The zero-order valence-electron chi connectivity index (χ0n) is 9.70. The molecule has 0 spiro atoms. The minimum absolute atomic E-state index is 0.00507. The Balaban J connectivity index is 2.25. The number of hydrogen-bond donors (Lipinski definition) is 0. The van der Waals surface area contributed by atoms with E-state index in [0.717, 1.165) is 0 Å². The molecule has 4 heteroatoms. The number of rotatable bonds is 3. The van der Waals surface area contributed by atoms with Gasteiger partial charge in [-0.1, -0.05) is 6.92 Å². The fraction of sp³-hybridized carbons (Fsp3) is 0.462. The molecule has 1 unspecified atom stereocenters. The fourth-order valence-electron chi connectivity index (χ4n) is 1.89. The van der Waals surface area contributed by atoms with E-state index in [2.05, 4.69) is 6.07 Å². The first-order valence-electron chi connectivity index (χ1n) is 5.68. The predicted octanol–water partition coefficient (Wildman–Crippen LogP) is 3.00. The highest BCUT2D eigenvalue weighted by Crippen LogP contribution is 2.36. The summed E-state index contributed by atoms with van der Waals surface area (Å²) < 4.78 is 24.6. The van der Waals surface area contributed by atoms with Crippen LogP contribution in [0.1, 0.15) is 31.2 Å². The Morgan fingerprint density at radius 2 is 2.00 bits per heavy atom. The second-order valence-corrected chi connectivity index (χ2v) is 4.12. The van der Waals surface area contributed by atoms with Gasteiger partial charge in [0, 0.05) is 12.5 Å². The lowest BCUT2D eigenvalue weighted by atomic mass is 9.95. The normalized spacial score (nSPS) is 15.1. The minimum atomic E-state index is -0.292. The SMILES string of the molecule is CC(CCC#N)c1cc2c(cc1F)OCCO2. The molecule has 0 bridgehead atoms. The summed E-state index contributed by atoms with van der Waals surface area (Å²) in [5, 5.41) is 8.53. The number of nitrogens with zero attached hydrogens (tertiary/aromatic N) is 1. The summed E-state index contributed by atoms with van der Waals surface area (Å²) >= 11 is 0. The average Bonchev–Trinajstić information content (AvgIpc) is 2.35. The molecule has 0 amide bonds. The van der Waals surface area contributed by atoms with Crippen molar-refractivity contribution in [1.29, 1.82) is 5.26 Å². The maximum absolute atomic E-state index is 13.8. The smallest absolute Gasteiger partial charge is 0.164 e. The number of halogens is 1. The van der Waals surface area contributed by atoms with E-state index >= 15 is 0 Å². The molecular weight excluding hydrogens is 221 g/mol. The molecule has 0 aromatic heterocycles. The summed E-state index contributed by atoms with van der Waals surface area (Å²) in [4.78, 5) is 0. The van der Waals surface area contributed by atoms with Gasteiger partial charge in [-0.05, 0) is 24.0 Å². The largest absolute Gasteiger partial charge is 0.486 e. The van der Waals surface area contributed by atoms with Crippen molar-refractivity contribution in [1.82, 2.24) is 0 Å². The molecule has 17 heavy (non-hydrogen) atoms. The third-order valence-corrected chi connectivity index (χ3v) is 2.88. The van der Waals surface area contributed by atoms with Crippen LogP contribution in [-0.2, 0) is 0 Å². The van der Waals surface area contributed by atoms with Crippen molar-refractivity contribution in [3.05, 3.63) is 23.5 Å². The van der Waals surface area contributed by atoms with Crippen LogP contribution in [0.15, 0.2) is 12.1 Å². The Kier molecular flexibility index (Phi) is 3.48. The van der Waals surface area contributed by atoms with Crippen LogP contribution in [0.5, 0.6) is 11.5 Å². The maximum Gasteiger partial charge on any atom is 0.164 e. The van der Waals surface area contributed by atoms with E-state index in [9.17, 15) is 4.39 Å². The number of fused-ring (bicyclic) bond motifs is 1. The lowest BCUT2D eigenvalue weighted by Gasteiger charge is -2.21. The summed E-state index contributed by atoms with van der Waals surface area (Å²) in [5.74, 6) is 0.770. The Labute approximate surface area is 99.8 Å². The summed E-state index contributed by atoms with van der Waals surface area (Å²) in [7, 11) is 0. The highest BCUT2D eigenvalue weighted by atomic mass is 19.1. The minimum Gasteiger partial charge on any atom is -0.486 e. The molecule has 0 saturated carbocycles. The van der Waals surface area contributed by atoms with E-state index in [1.54, 1.807) is 6.07 Å². The number of nitriles is 1. The molecule has 0 fully saturated rings. The molecule has 0 aliphatic carbocycles. The molecule has 0 saturated heterocycles. The zero-order chi connectivity index (χ0) is 12.3. The molecule has 1 heterocycles. The quantitative estimate of drug-likeness (QED) is 0.808. The lowest BCUT2D eigenvalue weighted by Crippen LogP contribution is -2.16. The van der Waals surface area contributed by atoms with Crippen LogP contribution in [0, 0.1) is 17.1 Å². The van der Waals surface area contributed by atoms with Crippen LogP contribution < -0.4 is 9.47 Å². The predicted molar refractivity (Wildman–Crippen MR) is 60.7 cm³/mol. The van der Waals surface area contributed by atoms with Gasteiger partial charge in [0.1, 0.15) is 19.0 Å². The summed E-state index contributed by atoms with van der Waals surface area (Å²) in [6.45, 7) is 2.85. The van der Waals surface area contributed by atoms with Crippen LogP contribution in [0.4, 0.5) is 4.39 Å². The van der Waals surface area contributed by atoms with Gasteiger partial charge in [0.05, 0.1) is 6.07 Å².